The zero-order valence-electron chi connectivity index (χ0n) is 22.9. The maximum Gasteiger partial charge on any atom is 0.329 e. The summed E-state index contributed by atoms with van der Waals surface area (Å²) < 4.78 is 7.35. The van der Waals surface area contributed by atoms with E-state index in [1.807, 2.05) is 0 Å². The molecular weight excluding hydrogens is 480 g/mol. The van der Waals surface area contributed by atoms with Gasteiger partial charge in [-0.2, -0.15) is 0 Å². The highest BCUT2D eigenvalue weighted by Crippen LogP contribution is 2.40. The number of unbranched alkanes of at least 4 members (excludes halogenated alkanes) is 2. The number of imide groups is 1. The summed E-state index contributed by atoms with van der Waals surface area (Å²) in [6, 6.07) is 7.91. The highest BCUT2D eigenvalue weighted by Gasteiger charge is 2.42. The van der Waals surface area contributed by atoms with Gasteiger partial charge in [-0.3, -0.25) is 19.8 Å². The third-order valence-electron chi connectivity index (χ3n) is 7.86. The molecule has 1 aliphatic carbocycles. The number of nitrogens with one attached hydrogen (secondary N) is 1. The quantitative estimate of drug-likeness (QED) is 0.245. The lowest BCUT2D eigenvalue weighted by Crippen LogP contribution is -2.38. The van der Waals surface area contributed by atoms with Crippen LogP contribution in [-0.2, 0) is 32.7 Å². The lowest BCUT2D eigenvalue weighted by Gasteiger charge is -2.35. The first-order valence-electron chi connectivity index (χ1n) is 14.0. The number of imidazole rings is 1. The predicted molar refractivity (Wildman–Crippen MR) is 146 cm³/mol. The number of benzene rings is 1. The molecule has 0 atom stereocenters. The van der Waals surface area contributed by atoms with Gasteiger partial charge in [0.25, 0.3) is 5.91 Å². The molecule has 1 N–H and O–H groups in total. The van der Waals surface area contributed by atoms with Crippen LogP contribution < -0.4 is 5.32 Å². The number of carbonyl (C=O) groups is 3. The van der Waals surface area contributed by atoms with Crippen molar-refractivity contribution in [3.8, 4) is 0 Å². The number of rotatable bonds is 11. The van der Waals surface area contributed by atoms with E-state index < -0.39 is 5.41 Å². The first-order chi connectivity index (χ1) is 18.4. The number of hydrogen-bond donors (Lipinski definition) is 1. The molecule has 8 nitrogen and oxygen atoms in total. The average molecular weight is 521 g/mol. The third-order valence-corrected chi connectivity index (χ3v) is 7.86. The van der Waals surface area contributed by atoms with E-state index in [0.717, 1.165) is 86.9 Å². The van der Waals surface area contributed by atoms with Crippen LogP contribution >= 0.6 is 0 Å². The molecule has 1 aromatic carbocycles. The summed E-state index contributed by atoms with van der Waals surface area (Å²) in [5.41, 5.74) is 2.68. The molecule has 0 spiro atoms. The maximum atomic E-state index is 12.8. The first kappa shape index (κ1) is 27.6. The molecule has 8 heteroatoms. The van der Waals surface area contributed by atoms with Crippen molar-refractivity contribution >= 4 is 24.0 Å². The van der Waals surface area contributed by atoms with Crippen LogP contribution in [-0.4, -0.2) is 46.0 Å². The number of urea groups is 1. The molecule has 3 amide bonds. The van der Waals surface area contributed by atoms with Crippen molar-refractivity contribution in [2.24, 2.45) is 0 Å². The Bertz CT molecular complexity index is 1180. The van der Waals surface area contributed by atoms with Crippen molar-refractivity contribution in [3.63, 3.8) is 0 Å². The SMILES string of the molecule is CCCCc1ncc(/C=C2\C(=O)NC(=O)N2CCCC)n1Cc1ccc(C2(C(=O)OC)CCCCC2)cc1. The molecule has 204 valence electrons. The third kappa shape index (κ3) is 5.69. The van der Waals surface area contributed by atoms with E-state index in [-0.39, 0.29) is 17.9 Å². The molecular formula is C30H40N4O4. The second-order valence-corrected chi connectivity index (χ2v) is 10.4. The van der Waals surface area contributed by atoms with E-state index in [2.05, 4.69) is 53.0 Å². The van der Waals surface area contributed by atoms with Gasteiger partial charge in [0.05, 0.1) is 24.4 Å². The smallest absolute Gasteiger partial charge is 0.329 e. The molecule has 1 aromatic heterocycles. The van der Waals surface area contributed by atoms with E-state index in [0.29, 0.717) is 18.8 Å². The Morgan fingerprint density at radius 2 is 1.79 bits per heavy atom. The fraction of sp³-hybridized carbons (Fsp3) is 0.533. The minimum atomic E-state index is -0.563. The summed E-state index contributed by atoms with van der Waals surface area (Å²) >= 11 is 0. The number of carbonyl (C=O) groups excluding carboxylic acids is 3. The molecule has 2 fully saturated rings. The fourth-order valence-corrected chi connectivity index (χ4v) is 5.62. The zero-order valence-corrected chi connectivity index (χ0v) is 22.9. The molecule has 1 aliphatic heterocycles. The predicted octanol–water partition coefficient (Wildman–Crippen LogP) is 5.34. The molecule has 0 unspecified atom stereocenters. The van der Waals surface area contributed by atoms with Gasteiger partial charge in [-0.15, -0.1) is 0 Å². The summed E-state index contributed by atoms with van der Waals surface area (Å²) in [6.45, 7) is 5.28. The van der Waals surface area contributed by atoms with Gasteiger partial charge in [-0.05, 0) is 42.9 Å². The number of hydrogen-bond acceptors (Lipinski definition) is 5. The molecule has 1 saturated heterocycles. The van der Waals surface area contributed by atoms with Gasteiger partial charge < -0.3 is 9.30 Å². The van der Waals surface area contributed by atoms with Crippen molar-refractivity contribution in [1.82, 2.24) is 19.8 Å². The van der Waals surface area contributed by atoms with Gasteiger partial charge in [0.15, 0.2) is 0 Å². The summed E-state index contributed by atoms with van der Waals surface area (Å²) in [5.74, 6) is 0.428. The molecule has 2 aliphatic rings. The van der Waals surface area contributed by atoms with E-state index in [4.69, 9.17) is 4.74 Å². The molecule has 0 bridgehead atoms. The van der Waals surface area contributed by atoms with Crippen LogP contribution in [0, 0.1) is 0 Å². The van der Waals surface area contributed by atoms with Crippen LogP contribution in [0.4, 0.5) is 4.79 Å². The number of nitrogens with zero attached hydrogens (tertiary/aromatic N) is 3. The highest BCUT2D eigenvalue weighted by molar-refractivity contribution is 6.13. The van der Waals surface area contributed by atoms with Gasteiger partial charge in [0.1, 0.15) is 11.5 Å². The number of aryl methyl sites for hydroxylation is 1. The van der Waals surface area contributed by atoms with Crippen LogP contribution in [0.2, 0.25) is 0 Å². The molecule has 2 aromatic rings. The van der Waals surface area contributed by atoms with Crippen molar-refractivity contribution < 1.29 is 19.1 Å². The Labute approximate surface area is 225 Å². The highest BCUT2D eigenvalue weighted by atomic mass is 16.5. The van der Waals surface area contributed by atoms with Crippen molar-refractivity contribution in [2.75, 3.05) is 13.7 Å². The van der Waals surface area contributed by atoms with E-state index >= 15 is 0 Å². The Morgan fingerprint density at radius 3 is 2.45 bits per heavy atom. The van der Waals surface area contributed by atoms with Gasteiger partial charge >= 0.3 is 12.0 Å². The normalized spacial score (nSPS) is 18.2. The standard InChI is InChI=1S/C30H40N4O4/c1-4-6-11-26-31-20-24(19-25-27(35)32-29(37)33(25)18-7-5-2)34(26)21-22-12-14-23(15-13-22)30(28(36)38-3)16-9-8-10-17-30/h12-15,19-20H,4-11,16-18,21H2,1-3H3,(H,32,35,37)/b25-19+. The molecule has 1 saturated carbocycles. The van der Waals surface area contributed by atoms with Crippen LogP contribution in [0.5, 0.6) is 0 Å². The summed E-state index contributed by atoms with van der Waals surface area (Å²) in [6.07, 6.45) is 13.0. The second-order valence-electron chi connectivity index (χ2n) is 10.4. The lowest BCUT2D eigenvalue weighted by molar-refractivity contribution is -0.149. The van der Waals surface area contributed by atoms with Gasteiger partial charge in [0, 0.05) is 19.5 Å². The minimum Gasteiger partial charge on any atom is -0.468 e. The number of aromatic nitrogens is 2. The molecule has 0 radical (unpaired) electrons. The average Bonchev–Trinajstić information content (AvgIpc) is 3.44. The minimum absolute atomic E-state index is 0.146. The number of amides is 3. The Hall–Kier alpha value is -3.42. The number of methoxy groups -OCH3 is 1. The topological polar surface area (TPSA) is 93.5 Å². The Balaban J connectivity index is 1.64. The van der Waals surface area contributed by atoms with E-state index in [9.17, 15) is 14.4 Å². The Kier molecular flexibility index (Phi) is 9.02. The van der Waals surface area contributed by atoms with Crippen molar-refractivity contribution in [2.45, 2.75) is 90.0 Å². The van der Waals surface area contributed by atoms with Crippen LogP contribution in [0.1, 0.15) is 94.3 Å². The largest absolute Gasteiger partial charge is 0.468 e. The van der Waals surface area contributed by atoms with Gasteiger partial charge in [-0.25, -0.2) is 9.78 Å². The van der Waals surface area contributed by atoms with Crippen molar-refractivity contribution in [1.29, 1.82) is 0 Å². The van der Waals surface area contributed by atoms with Crippen LogP contribution in [0.25, 0.3) is 6.08 Å². The summed E-state index contributed by atoms with van der Waals surface area (Å²) in [5, 5.41) is 2.42. The van der Waals surface area contributed by atoms with Crippen LogP contribution in [0.15, 0.2) is 36.2 Å². The molecule has 4 rings (SSSR count). The maximum absolute atomic E-state index is 12.8. The van der Waals surface area contributed by atoms with Gasteiger partial charge in [-0.1, -0.05) is 70.2 Å². The zero-order chi connectivity index (χ0) is 27.1. The lowest BCUT2D eigenvalue weighted by atomic mass is 9.69. The molecule has 2 heterocycles. The van der Waals surface area contributed by atoms with Crippen LogP contribution in [0.3, 0.4) is 0 Å². The first-order valence-corrected chi connectivity index (χ1v) is 14.0. The summed E-state index contributed by atoms with van der Waals surface area (Å²) in [4.78, 5) is 44.0. The summed E-state index contributed by atoms with van der Waals surface area (Å²) in [7, 11) is 1.47. The fourth-order valence-electron chi connectivity index (χ4n) is 5.62. The van der Waals surface area contributed by atoms with Gasteiger partial charge in [0.2, 0.25) is 0 Å². The second kappa shape index (κ2) is 12.4. The van der Waals surface area contributed by atoms with E-state index in [1.54, 1.807) is 12.3 Å². The monoisotopic (exact) mass is 520 g/mol. The van der Waals surface area contributed by atoms with E-state index in [1.165, 1.54) is 12.0 Å². The number of esters is 1. The number of ether oxygens (including phenoxy) is 1. The van der Waals surface area contributed by atoms with Crippen molar-refractivity contribution in [3.05, 3.63) is 58.8 Å². The Morgan fingerprint density at radius 1 is 1.08 bits per heavy atom. The molecule has 38 heavy (non-hydrogen) atoms.